The first-order valence-electron chi connectivity index (χ1n) is 6.03. The zero-order chi connectivity index (χ0) is 13.8. The summed E-state index contributed by atoms with van der Waals surface area (Å²) < 4.78 is 10.6. The van der Waals surface area contributed by atoms with Gasteiger partial charge in [-0.3, -0.25) is 4.98 Å². The minimum absolute atomic E-state index is 0.212. The summed E-state index contributed by atoms with van der Waals surface area (Å²) in [5.41, 5.74) is 4.00. The molecule has 2 aromatic rings. The number of nitrogens with one attached hydrogen (secondary N) is 1. The fraction of sp³-hybridized carbons (Fsp3) is 0.357. The van der Waals surface area contributed by atoms with Crippen molar-refractivity contribution in [2.45, 2.75) is 19.9 Å². The number of methoxy groups -OCH3 is 2. The van der Waals surface area contributed by atoms with Gasteiger partial charge in [0, 0.05) is 22.8 Å². The van der Waals surface area contributed by atoms with Gasteiger partial charge in [-0.05, 0) is 25.5 Å². The minimum Gasteiger partial charge on any atom is -0.493 e. The number of aromatic nitrogens is 1. The molecule has 1 N–H and O–H groups in total. The second-order valence-electron chi connectivity index (χ2n) is 4.29. The number of rotatable bonds is 5. The predicted molar refractivity (Wildman–Crippen MR) is 78.4 cm³/mol. The number of aryl methyl sites for hydroxylation is 1. The molecular formula is C14H18N2O2S. The van der Waals surface area contributed by atoms with Crippen LogP contribution in [0, 0.1) is 6.92 Å². The summed E-state index contributed by atoms with van der Waals surface area (Å²) in [5, 5.41) is 3.47. The summed E-state index contributed by atoms with van der Waals surface area (Å²) in [6.45, 7) is 4.16. The van der Waals surface area contributed by atoms with Crippen molar-refractivity contribution in [3.05, 3.63) is 34.3 Å². The van der Waals surface area contributed by atoms with E-state index < -0.39 is 0 Å². The van der Waals surface area contributed by atoms with E-state index in [4.69, 9.17) is 9.47 Å². The van der Waals surface area contributed by atoms with E-state index in [0.29, 0.717) is 0 Å². The molecule has 0 fully saturated rings. The Bertz CT molecular complexity index is 541. The maximum atomic E-state index is 5.33. The van der Waals surface area contributed by atoms with Crippen LogP contribution in [0.3, 0.4) is 0 Å². The maximum Gasteiger partial charge on any atom is 0.162 e. The van der Waals surface area contributed by atoms with Gasteiger partial charge in [-0.25, -0.2) is 0 Å². The highest BCUT2D eigenvalue weighted by Crippen LogP contribution is 2.34. The van der Waals surface area contributed by atoms with Gasteiger partial charge in [0.2, 0.25) is 0 Å². The van der Waals surface area contributed by atoms with Crippen molar-refractivity contribution in [1.29, 1.82) is 0 Å². The maximum absolute atomic E-state index is 5.33. The van der Waals surface area contributed by atoms with E-state index in [9.17, 15) is 0 Å². The van der Waals surface area contributed by atoms with Crippen LogP contribution in [-0.2, 0) is 0 Å². The van der Waals surface area contributed by atoms with E-state index in [1.807, 2.05) is 30.8 Å². The molecule has 1 unspecified atom stereocenters. The zero-order valence-electron chi connectivity index (χ0n) is 11.6. The SMILES string of the molecule is COc1cc(C)c(NC(C)c2cncs2)cc1OC. The molecule has 19 heavy (non-hydrogen) atoms. The average molecular weight is 278 g/mol. The lowest BCUT2D eigenvalue weighted by Crippen LogP contribution is -2.06. The van der Waals surface area contributed by atoms with E-state index in [1.165, 1.54) is 4.88 Å². The zero-order valence-corrected chi connectivity index (χ0v) is 12.4. The fourth-order valence-corrected chi connectivity index (χ4v) is 2.51. The van der Waals surface area contributed by atoms with Crippen molar-refractivity contribution in [2.24, 2.45) is 0 Å². The summed E-state index contributed by atoms with van der Waals surface area (Å²) in [4.78, 5) is 5.31. The van der Waals surface area contributed by atoms with Crippen LogP contribution in [0.2, 0.25) is 0 Å². The van der Waals surface area contributed by atoms with Crippen LogP contribution in [0.4, 0.5) is 5.69 Å². The molecule has 5 heteroatoms. The van der Waals surface area contributed by atoms with Crippen molar-refractivity contribution >= 4 is 17.0 Å². The number of ether oxygens (including phenoxy) is 2. The van der Waals surface area contributed by atoms with Crippen molar-refractivity contribution in [3.63, 3.8) is 0 Å². The molecule has 0 radical (unpaired) electrons. The Morgan fingerprint density at radius 3 is 2.47 bits per heavy atom. The molecule has 1 aromatic heterocycles. The molecule has 1 aromatic carbocycles. The van der Waals surface area contributed by atoms with Crippen LogP contribution in [-0.4, -0.2) is 19.2 Å². The van der Waals surface area contributed by atoms with Crippen LogP contribution in [0.1, 0.15) is 23.4 Å². The van der Waals surface area contributed by atoms with Gasteiger partial charge in [0.25, 0.3) is 0 Å². The molecule has 1 atom stereocenters. The lowest BCUT2D eigenvalue weighted by Gasteiger charge is -2.18. The van der Waals surface area contributed by atoms with Gasteiger partial charge in [-0.1, -0.05) is 0 Å². The lowest BCUT2D eigenvalue weighted by atomic mass is 10.1. The van der Waals surface area contributed by atoms with Gasteiger partial charge in [-0.15, -0.1) is 11.3 Å². The van der Waals surface area contributed by atoms with Crippen molar-refractivity contribution in [1.82, 2.24) is 4.98 Å². The van der Waals surface area contributed by atoms with Gasteiger partial charge >= 0.3 is 0 Å². The number of thiazole rings is 1. The first-order valence-corrected chi connectivity index (χ1v) is 6.91. The van der Waals surface area contributed by atoms with Crippen LogP contribution < -0.4 is 14.8 Å². The van der Waals surface area contributed by atoms with Crippen molar-refractivity contribution in [2.75, 3.05) is 19.5 Å². The predicted octanol–water partition coefficient (Wildman–Crippen LogP) is 3.64. The third kappa shape index (κ3) is 2.98. The number of anilines is 1. The van der Waals surface area contributed by atoms with Gasteiger partial charge in [0.05, 0.1) is 25.8 Å². The number of nitrogens with zero attached hydrogens (tertiary/aromatic N) is 1. The van der Waals surface area contributed by atoms with E-state index in [0.717, 1.165) is 22.7 Å². The molecule has 0 aliphatic heterocycles. The molecule has 0 aliphatic rings. The van der Waals surface area contributed by atoms with Gasteiger partial charge in [0.15, 0.2) is 11.5 Å². The second-order valence-corrected chi connectivity index (χ2v) is 5.21. The van der Waals surface area contributed by atoms with Crippen molar-refractivity contribution in [3.8, 4) is 11.5 Å². The minimum atomic E-state index is 0.212. The third-order valence-electron chi connectivity index (χ3n) is 2.98. The Morgan fingerprint density at radius 2 is 1.89 bits per heavy atom. The first kappa shape index (κ1) is 13.7. The monoisotopic (exact) mass is 278 g/mol. The summed E-state index contributed by atoms with van der Waals surface area (Å²) in [6.07, 6.45) is 1.89. The summed E-state index contributed by atoms with van der Waals surface area (Å²) >= 11 is 1.64. The molecule has 0 saturated carbocycles. The highest BCUT2D eigenvalue weighted by molar-refractivity contribution is 7.09. The Balaban J connectivity index is 2.25. The second kappa shape index (κ2) is 5.93. The van der Waals surface area contributed by atoms with Crippen LogP contribution in [0.5, 0.6) is 11.5 Å². The topological polar surface area (TPSA) is 43.4 Å². The Kier molecular flexibility index (Phi) is 4.27. The summed E-state index contributed by atoms with van der Waals surface area (Å²) in [7, 11) is 3.29. The summed E-state index contributed by atoms with van der Waals surface area (Å²) in [5.74, 6) is 1.48. The molecule has 0 bridgehead atoms. The molecule has 1 heterocycles. The van der Waals surface area contributed by atoms with Crippen LogP contribution in [0.15, 0.2) is 23.8 Å². The van der Waals surface area contributed by atoms with Crippen molar-refractivity contribution < 1.29 is 9.47 Å². The van der Waals surface area contributed by atoms with E-state index in [2.05, 4.69) is 17.2 Å². The third-order valence-corrected chi connectivity index (χ3v) is 3.94. The van der Waals surface area contributed by atoms with E-state index >= 15 is 0 Å². The highest BCUT2D eigenvalue weighted by atomic mass is 32.1. The average Bonchev–Trinajstić information content (AvgIpc) is 2.94. The molecule has 2 rings (SSSR count). The standard InChI is InChI=1S/C14H18N2O2S/c1-9-5-12(17-3)13(18-4)6-11(9)16-10(2)14-7-15-8-19-14/h5-8,10,16H,1-4H3. The van der Waals surface area contributed by atoms with Crippen LogP contribution >= 0.6 is 11.3 Å². The quantitative estimate of drug-likeness (QED) is 0.906. The number of hydrogen-bond donors (Lipinski definition) is 1. The molecule has 0 spiro atoms. The van der Waals surface area contributed by atoms with E-state index in [1.54, 1.807) is 25.6 Å². The summed E-state index contributed by atoms with van der Waals surface area (Å²) in [6, 6.07) is 4.15. The molecule has 102 valence electrons. The van der Waals surface area contributed by atoms with Gasteiger partial charge < -0.3 is 14.8 Å². The van der Waals surface area contributed by atoms with Gasteiger partial charge in [0.1, 0.15) is 0 Å². The molecular weight excluding hydrogens is 260 g/mol. The normalized spacial score (nSPS) is 12.0. The smallest absolute Gasteiger partial charge is 0.162 e. The van der Waals surface area contributed by atoms with Crippen LogP contribution in [0.25, 0.3) is 0 Å². The lowest BCUT2D eigenvalue weighted by molar-refractivity contribution is 0.355. The molecule has 0 amide bonds. The largest absolute Gasteiger partial charge is 0.493 e. The first-order chi connectivity index (χ1) is 9.15. The fourth-order valence-electron chi connectivity index (χ4n) is 1.88. The molecule has 0 saturated heterocycles. The molecule has 0 aliphatic carbocycles. The van der Waals surface area contributed by atoms with Gasteiger partial charge in [-0.2, -0.15) is 0 Å². The Labute approximate surface area is 117 Å². The van der Waals surface area contributed by atoms with E-state index in [-0.39, 0.29) is 6.04 Å². The molecule has 4 nitrogen and oxygen atoms in total. The highest BCUT2D eigenvalue weighted by Gasteiger charge is 2.12. The number of hydrogen-bond acceptors (Lipinski definition) is 5. The Hall–Kier alpha value is -1.75. The number of benzene rings is 1. The Morgan fingerprint density at radius 1 is 1.21 bits per heavy atom.